The Bertz CT molecular complexity index is 520. The molecule has 0 spiro atoms. The summed E-state index contributed by atoms with van der Waals surface area (Å²) >= 11 is 0. The number of aliphatic hydroxyl groups excluding tert-OH is 1. The van der Waals surface area contributed by atoms with E-state index in [9.17, 15) is 8.42 Å². The largest absolute Gasteiger partial charge is 0.395 e. The molecule has 1 rings (SSSR count). The Morgan fingerprint density at radius 1 is 1.39 bits per heavy atom. The summed E-state index contributed by atoms with van der Waals surface area (Å²) in [6.45, 7) is 6.87. The minimum atomic E-state index is -3.61. The highest BCUT2D eigenvalue weighted by Gasteiger charge is 2.31. The number of aryl methyl sites for hydroxylation is 2. The van der Waals surface area contributed by atoms with E-state index in [4.69, 9.17) is 5.11 Å². The minimum absolute atomic E-state index is 0.0910. The molecule has 18 heavy (non-hydrogen) atoms. The Morgan fingerprint density at radius 3 is 2.28 bits per heavy atom. The molecule has 0 atom stereocenters. The molecular formula is C11H21N3O3S. The van der Waals surface area contributed by atoms with Gasteiger partial charge >= 0.3 is 0 Å². The molecule has 1 N–H and O–H groups in total. The summed E-state index contributed by atoms with van der Waals surface area (Å²) < 4.78 is 28.0. The van der Waals surface area contributed by atoms with Crippen molar-refractivity contribution in [2.75, 3.05) is 13.2 Å². The number of hydrogen-bond donors (Lipinski definition) is 1. The average Bonchev–Trinajstić information content (AvgIpc) is 2.49. The Kier molecular flexibility index (Phi) is 4.52. The lowest BCUT2D eigenvalue weighted by Crippen LogP contribution is -2.39. The number of hydrogen-bond acceptors (Lipinski definition) is 4. The molecule has 1 aromatic rings. The van der Waals surface area contributed by atoms with Crippen molar-refractivity contribution in [2.24, 2.45) is 7.05 Å². The normalized spacial score (nSPS) is 12.7. The molecule has 0 bridgehead atoms. The lowest BCUT2D eigenvalue weighted by atomic mass is 10.4. The predicted octanol–water partition coefficient (Wildman–Crippen LogP) is 0.428. The Hall–Kier alpha value is -0.920. The molecule has 0 radical (unpaired) electrons. The maximum Gasteiger partial charge on any atom is 0.247 e. The van der Waals surface area contributed by atoms with Gasteiger partial charge in [-0.05, 0) is 27.7 Å². The van der Waals surface area contributed by atoms with Gasteiger partial charge in [-0.15, -0.1) is 0 Å². The van der Waals surface area contributed by atoms with Crippen molar-refractivity contribution in [1.82, 2.24) is 14.1 Å². The van der Waals surface area contributed by atoms with Gasteiger partial charge in [0.05, 0.1) is 18.0 Å². The molecule has 0 saturated heterocycles. The van der Waals surface area contributed by atoms with Crippen LogP contribution in [0.5, 0.6) is 0 Å². The van der Waals surface area contributed by atoms with E-state index in [1.807, 2.05) is 0 Å². The molecule has 1 aromatic heterocycles. The summed E-state index contributed by atoms with van der Waals surface area (Å²) in [5, 5.41) is 13.1. The van der Waals surface area contributed by atoms with Crippen LogP contribution in [0.2, 0.25) is 0 Å². The molecule has 0 aromatic carbocycles. The van der Waals surface area contributed by atoms with Crippen LogP contribution < -0.4 is 0 Å². The van der Waals surface area contributed by atoms with E-state index < -0.39 is 10.0 Å². The molecular weight excluding hydrogens is 254 g/mol. The molecule has 0 fully saturated rings. The average molecular weight is 275 g/mol. The second-order valence-electron chi connectivity index (χ2n) is 4.56. The van der Waals surface area contributed by atoms with Crippen molar-refractivity contribution >= 4 is 10.0 Å². The first-order valence-corrected chi connectivity index (χ1v) is 7.30. The molecule has 0 aliphatic rings. The standard InChI is InChI=1S/C11H21N3O3S/c1-8(2)14(6-7-15)18(16,17)11-9(3)12-13(5)10(11)4/h8,15H,6-7H2,1-5H3. The highest BCUT2D eigenvalue weighted by molar-refractivity contribution is 7.89. The smallest absolute Gasteiger partial charge is 0.247 e. The summed E-state index contributed by atoms with van der Waals surface area (Å²) in [6, 6.07) is -0.207. The molecule has 104 valence electrons. The van der Waals surface area contributed by atoms with E-state index in [0.29, 0.717) is 11.4 Å². The van der Waals surface area contributed by atoms with E-state index in [0.717, 1.165) is 0 Å². The van der Waals surface area contributed by atoms with Crippen molar-refractivity contribution in [2.45, 2.75) is 38.6 Å². The molecule has 0 saturated carbocycles. The fourth-order valence-electron chi connectivity index (χ4n) is 2.00. The number of nitrogens with zero attached hydrogens (tertiary/aromatic N) is 3. The Labute approximate surface area is 108 Å². The molecule has 1 heterocycles. The van der Waals surface area contributed by atoms with Gasteiger partial charge in [0.15, 0.2) is 0 Å². The lowest BCUT2D eigenvalue weighted by Gasteiger charge is -2.25. The van der Waals surface area contributed by atoms with Crippen LogP contribution in [0.25, 0.3) is 0 Å². The number of aliphatic hydroxyl groups is 1. The highest BCUT2D eigenvalue weighted by atomic mass is 32.2. The zero-order chi connectivity index (χ0) is 14.1. The summed E-state index contributed by atoms with van der Waals surface area (Å²) in [5.41, 5.74) is 1.09. The maximum absolute atomic E-state index is 12.6. The van der Waals surface area contributed by atoms with Crippen LogP contribution in [0.15, 0.2) is 4.90 Å². The van der Waals surface area contributed by atoms with Gasteiger partial charge in [0, 0.05) is 19.6 Å². The third kappa shape index (κ3) is 2.57. The topological polar surface area (TPSA) is 75.4 Å². The van der Waals surface area contributed by atoms with Crippen molar-refractivity contribution in [1.29, 1.82) is 0 Å². The van der Waals surface area contributed by atoms with Crippen LogP contribution in [0, 0.1) is 13.8 Å². The SMILES string of the molecule is Cc1nn(C)c(C)c1S(=O)(=O)N(CCO)C(C)C. The second-order valence-corrected chi connectivity index (χ2v) is 6.38. The van der Waals surface area contributed by atoms with Crippen LogP contribution in [-0.4, -0.2) is 46.8 Å². The van der Waals surface area contributed by atoms with E-state index in [2.05, 4.69) is 5.10 Å². The van der Waals surface area contributed by atoms with Gasteiger partial charge in [-0.3, -0.25) is 4.68 Å². The molecule has 0 unspecified atom stereocenters. The van der Waals surface area contributed by atoms with Crippen LogP contribution in [0.4, 0.5) is 0 Å². The first-order chi connectivity index (χ1) is 8.23. The van der Waals surface area contributed by atoms with E-state index >= 15 is 0 Å². The Morgan fingerprint density at radius 2 is 1.94 bits per heavy atom. The van der Waals surface area contributed by atoms with E-state index in [1.54, 1.807) is 39.4 Å². The van der Waals surface area contributed by atoms with E-state index in [-0.39, 0.29) is 24.1 Å². The quantitative estimate of drug-likeness (QED) is 0.845. The number of rotatable bonds is 5. The van der Waals surface area contributed by atoms with Crippen LogP contribution >= 0.6 is 0 Å². The van der Waals surface area contributed by atoms with Gasteiger partial charge < -0.3 is 5.11 Å². The first-order valence-electron chi connectivity index (χ1n) is 5.86. The summed E-state index contributed by atoms with van der Waals surface area (Å²) in [5.74, 6) is 0. The van der Waals surface area contributed by atoms with Crippen molar-refractivity contribution < 1.29 is 13.5 Å². The van der Waals surface area contributed by atoms with Gasteiger partial charge in [0.25, 0.3) is 0 Å². The van der Waals surface area contributed by atoms with Gasteiger partial charge in [0.2, 0.25) is 10.0 Å². The third-order valence-electron chi connectivity index (χ3n) is 2.91. The number of sulfonamides is 1. The van der Waals surface area contributed by atoms with Gasteiger partial charge in [-0.2, -0.15) is 9.40 Å². The first kappa shape index (κ1) is 15.1. The van der Waals surface area contributed by atoms with E-state index in [1.165, 1.54) is 4.31 Å². The summed E-state index contributed by atoms with van der Waals surface area (Å²) in [7, 11) is -1.90. The van der Waals surface area contributed by atoms with Gasteiger partial charge in [-0.25, -0.2) is 8.42 Å². The summed E-state index contributed by atoms with van der Waals surface area (Å²) in [6.07, 6.45) is 0. The monoisotopic (exact) mass is 275 g/mol. The fourth-order valence-corrected chi connectivity index (χ4v) is 4.03. The highest BCUT2D eigenvalue weighted by Crippen LogP contribution is 2.24. The molecule has 0 aliphatic carbocycles. The fraction of sp³-hybridized carbons (Fsp3) is 0.727. The number of aromatic nitrogens is 2. The Balaban J connectivity index is 3.35. The molecule has 6 nitrogen and oxygen atoms in total. The lowest BCUT2D eigenvalue weighted by molar-refractivity contribution is 0.236. The van der Waals surface area contributed by atoms with Gasteiger partial charge in [-0.1, -0.05) is 0 Å². The molecule has 7 heteroatoms. The van der Waals surface area contributed by atoms with Crippen LogP contribution in [-0.2, 0) is 17.1 Å². The van der Waals surface area contributed by atoms with Crippen LogP contribution in [0.1, 0.15) is 25.2 Å². The zero-order valence-corrected chi connectivity index (χ0v) is 12.3. The minimum Gasteiger partial charge on any atom is -0.395 e. The summed E-state index contributed by atoms with van der Waals surface area (Å²) in [4.78, 5) is 0.243. The predicted molar refractivity (Wildman–Crippen MR) is 68.8 cm³/mol. The third-order valence-corrected chi connectivity index (χ3v) is 5.23. The zero-order valence-electron chi connectivity index (χ0n) is 11.5. The molecule has 0 aliphatic heterocycles. The second kappa shape index (κ2) is 5.38. The van der Waals surface area contributed by atoms with Crippen molar-refractivity contribution in [3.8, 4) is 0 Å². The maximum atomic E-state index is 12.6. The van der Waals surface area contributed by atoms with Gasteiger partial charge in [0.1, 0.15) is 4.90 Å². The van der Waals surface area contributed by atoms with Crippen LogP contribution in [0.3, 0.4) is 0 Å². The van der Waals surface area contributed by atoms with Crippen molar-refractivity contribution in [3.63, 3.8) is 0 Å². The molecule has 0 amide bonds. The van der Waals surface area contributed by atoms with Crippen molar-refractivity contribution in [3.05, 3.63) is 11.4 Å².